The Hall–Kier alpha value is -3.41. The molecule has 1 unspecified atom stereocenters. The average molecular weight is 582 g/mol. The summed E-state index contributed by atoms with van der Waals surface area (Å²) in [5.74, 6) is -1.23. The third kappa shape index (κ3) is 5.00. The number of aryl methyl sites for hydroxylation is 2. The minimum absolute atomic E-state index is 0.0811. The quantitative estimate of drug-likeness (QED) is 0.396. The molecule has 2 aromatic rings. The van der Waals surface area contributed by atoms with Gasteiger partial charge in [-0.1, -0.05) is 19.3 Å². The number of amides is 5. The molecular weight excluding hydrogens is 542 g/mol. The second-order valence-electron chi connectivity index (χ2n) is 12.4. The number of urea groups is 1. The lowest BCUT2D eigenvalue weighted by molar-refractivity contribution is -0.133. The first-order valence-corrected chi connectivity index (χ1v) is 15.5. The molecule has 2 aromatic heterocycles. The van der Waals surface area contributed by atoms with Crippen molar-refractivity contribution in [2.24, 2.45) is 24.1 Å². The summed E-state index contributed by atoms with van der Waals surface area (Å²) in [6.07, 6.45) is 8.84. The van der Waals surface area contributed by atoms with Crippen molar-refractivity contribution < 1.29 is 19.2 Å². The third-order valence-corrected chi connectivity index (χ3v) is 10.8. The van der Waals surface area contributed by atoms with Gasteiger partial charge < -0.3 is 26.6 Å². The number of rotatable bonds is 7. The normalized spacial score (nSPS) is 24.3. The number of hydrogen-bond acceptors (Lipinski definition) is 6. The molecule has 1 saturated heterocycles. The van der Waals surface area contributed by atoms with Gasteiger partial charge in [0.15, 0.2) is 0 Å². The van der Waals surface area contributed by atoms with Gasteiger partial charge in [0.25, 0.3) is 5.91 Å². The van der Waals surface area contributed by atoms with Crippen molar-refractivity contribution >= 4 is 40.1 Å². The van der Waals surface area contributed by atoms with Gasteiger partial charge >= 0.3 is 6.03 Å². The number of nitrogens with one attached hydrogen (secondary N) is 3. The maximum atomic E-state index is 13.9. The van der Waals surface area contributed by atoms with E-state index < -0.39 is 17.4 Å². The fourth-order valence-electron chi connectivity index (χ4n) is 7.17. The van der Waals surface area contributed by atoms with Gasteiger partial charge in [-0.2, -0.15) is 5.10 Å². The molecule has 3 aliphatic carbocycles. The lowest BCUT2D eigenvalue weighted by Crippen LogP contribution is -2.68. The molecule has 1 aliphatic heterocycles. The van der Waals surface area contributed by atoms with E-state index in [-0.39, 0.29) is 34.9 Å². The molecule has 5 N–H and O–H groups in total. The van der Waals surface area contributed by atoms with Gasteiger partial charge in [-0.25, -0.2) is 4.79 Å². The fraction of sp³-hybridized carbons (Fsp3) is 0.621. The van der Waals surface area contributed by atoms with Crippen LogP contribution >= 0.6 is 11.3 Å². The predicted molar refractivity (Wildman–Crippen MR) is 155 cm³/mol. The Balaban J connectivity index is 1.26. The van der Waals surface area contributed by atoms with Crippen LogP contribution in [0.3, 0.4) is 0 Å². The molecule has 6 rings (SSSR count). The van der Waals surface area contributed by atoms with E-state index in [1.54, 1.807) is 25.1 Å². The number of anilines is 1. The second kappa shape index (κ2) is 10.5. The van der Waals surface area contributed by atoms with E-state index >= 15 is 0 Å². The van der Waals surface area contributed by atoms with E-state index in [1.807, 2.05) is 6.07 Å². The van der Waals surface area contributed by atoms with Crippen molar-refractivity contribution in [1.29, 1.82) is 0 Å². The van der Waals surface area contributed by atoms with Crippen molar-refractivity contribution in [3.63, 3.8) is 0 Å². The Morgan fingerprint density at radius 1 is 1.17 bits per heavy atom. The van der Waals surface area contributed by atoms with E-state index in [0.29, 0.717) is 38.0 Å². The van der Waals surface area contributed by atoms with Gasteiger partial charge in [-0.05, 0) is 62.1 Å². The number of hydrogen-bond donors (Lipinski definition) is 4. The number of primary amides is 1. The molecule has 1 spiro atoms. The largest absolute Gasteiger partial charge is 0.364 e. The van der Waals surface area contributed by atoms with E-state index in [9.17, 15) is 19.2 Å². The Kier molecular flexibility index (Phi) is 7.07. The van der Waals surface area contributed by atoms with Gasteiger partial charge in [0.1, 0.15) is 11.2 Å². The van der Waals surface area contributed by atoms with Crippen molar-refractivity contribution in [2.75, 3.05) is 25.5 Å². The topological polar surface area (TPSA) is 151 Å². The van der Waals surface area contributed by atoms with Crippen LogP contribution in [0.25, 0.3) is 0 Å². The van der Waals surface area contributed by atoms with Gasteiger partial charge in [-0.3, -0.25) is 19.1 Å². The molecule has 2 atom stereocenters. The zero-order valence-corrected chi connectivity index (χ0v) is 24.6. The Morgan fingerprint density at radius 3 is 2.59 bits per heavy atom. The number of thiophene rings is 1. The SMILES string of the molecule is CNC(=O)C1(N2CC3(CC3)CNC2=O)CCc2cc(NC(=O)[C@H](c3cc(C(N)=O)n(C)n3)C3CCCCC3)sc2C1. The number of fused-ring (bicyclic) bond motifs is 1. The lowest BCUT2D eigenvalue weighted by Gasteiger charge is -2.48. The summed E-state index contributed by atoms with van der Waals surface area (Å²) in [6, 6.07) is 3.48. The van der Waals surface area contributed by atoms with E-state index in [4.69, 9.17) is 5.73 Å². The van der Waals surface area contributed by atoms with Crippen molar-refractivity contribution in [3.05, 3.63) is 34.0 Å². The minimum atomic E-state index is -0.961. The number of carbonyl (C=O) groups excluding carboxylic acids is 4. The molecule has 4 aliphatic rings. The Morgan fingerprint density at radius 2 is 1.93 bits per heavy atom. The first-order valence-electron chi connectivity index (χ1n) is 14.7. The summed E-state index contributed by atoms with van der Waals surface area (Å²) in [4.78, 5) is 55.1. The molecule has 41 heavy (non-hydrogen) atoms. The highest BCUT2D eigenvalue weighted by atomic mass is 32.1. The number of likely N-dealkylation sites (N-methyl/N-ethyl adjacent to an activating group) is 1. The molecule has 0 radical (unpaired) electrons. The highest BCUT2D eigenvalue weighted by Crippen LogP contribution is 2.50. The fourth-order valence-corrected chi connectivity index (χ4v) is 8.39. The van der Waals surface area contributed by atoms with Crippen molar-refractivity contribution in [2.45, 2.75) is 75.7 Å². The van der Waals surface area contributed by atoms with E-state index in [1.165, 1.54) is 16.0 Å². The molecule has 0 aromatic carbocycles. The van der Waals surface area contributed by atoms with Crippen LogP contribution in [0.4, 0.5) is 9.80 Å². The number of nitrogens with zero attached hydrogens (tertiary/aromatic N) is 3. The monoisotopic (exact) mass is 581 g/mol. The first-order chi connectivity index (χ1) is 19.6. The molecule has 220 valence electrons. The van der Waals surface area contributed by atoms with Crippen LogP contribution < -0.4 is 21.7 Å². The van der Waals surface area contributed by atoms with Crippen LogP contribution in [0.1, 0.15) is 83.9 Å². The van der Waals surface area contributed by atoms with Crippen molar-refractivity contribution in [1.82, 2.24) is 25.3 Å². The van der Waals surface area contributed by atoms with Gasteiger partial charge in [0.05, 0.1) is 16.6 Å². The lowest BCUT2D eigenvalue weighted by atomic mass is 9.78. The summed E-state index contributed by atoms with van der Waals surface area (Å²) in [5, 5.41) is 14.3. The van der Waals surface area contributed by atoms with Gasteiger partial charge in [-0.15, -0.1) is 11.3 Å². The summed E-state index contributed by atoms with van der Waals surface area (Å²) < 4.78 is 1.45. The van der Waals surface area contributed by atoms with Crippen LogP contribution in [0.15, 0.2) is 12.1 Å². The standard InChI is InChI=1S/C29H39N7O4S/c1-31-26(39)29(36-16-28(10-11-28)15-32-27(36)40)9-8-18-12-22(41-21(18)14-29)33-25(38)23(17-6-4-3-5-7-17)19-13-20(24(30)37)35(2)34-19/h12-13,17,23H,3-11,14-16H2,1-2H3,(H2,30,37)(H,31,39)(H,32,40)(H,33,38)/t23-,29?/m0/s1. The summed E-state index contributed by atoms with van der Waals surface area (Å²) in [7, 11) is 3.29. The summed E-state index contributed by atoms with van der Waals surface area (Å²) >= 11 is 1.48. The van der Waals surface area contributed by atoms with Crippen LogP contribution in [-0.2, 0) is 29.5 Å². The number of carbonyl (C=O) groups is 4. The van der Waals surface area contributed by atoms with Crippen LogP contribution in [0.5, 0.6) is 0 Å². The molecule has 3 heterocycles. The average Bonchev–Trinajstić information content (AvgIpc) is 3.42. The zero-order chi connectivity index (χ0) is 28.9. The molecule has 12 heteroatoms. The molecule has 3 fully saturated rings. The molecule has 0 bridgehead atoms. The van der Waals surface area contributed by atoms with Crippen molar-refractivity contribution in [3.8, 4) is 0 Å². The summed E-state index contributed by atoms with van der Waals surface area (Å²) in [6.45, 7) is 1.27. The second-order valence-corrected chi connectivity index (χ2v) is 13.5. The third-order valence-electron chi connectivity index (χ3n) is 9.75. The Bertz CT molecular complexity index is 1390. The molecular formula is C29H39N7O4S. The smallest absolute Gasteiger partial charge is 0.318 e. The van der Waals surface area contributed by atoms with E-state index in [0.717, 1.165) is 60.4 Å². The number of aromatic nitrogens is 2. The van der Waals surface area contributed by atoms with Crippen LogP contribution in [0, 0.1) is 11.3 Å². The first kappa shape index (κ1) is 27.7. The Labute approximate surface area is 243 Å². The molecule has 2 saturated carbocycles. The van der Waals surface area contributed by atoms with Crippen LogP contribution in [-0.4, -0.2) is 64.1 Å². The van der Waals surface area contributed by atoms with E-state index in [2.05, 4.69) is 21.0 Å². The highest BCUT2D eigenvalue weighted by Gasteiger charge is 2.56. The summed E-state index contributed by atoms with van der Waals surface area (Å²) in [5.41, 5.74) is 6.61. The maximum absolute atomic E-state index is 13.9. The predicted octanol–water partition coefficient (Wildman–Crippen LogP) is 2.66. The van der Waals surface area contributed by atoms with Gasteiger partial charge in [0.2, 0.25) is 11.8 Å². The van der Waals surface area contributed by atoms with Gasteiger partial charge in [0, 0.05) is 43.9 Å². The van der Waals surface area contributed by atoms with Crippen LogP contribution in [0.2, 0.25) is 0 Å². The minimum Gasteiger partial charge on any atom is -0.364 e. The number of nitrogens with two attached hydrogens (primary N) is 1. The maximum Gasteiger partial charge on any atom is 0.318 e. The zero-order valence-electron chi connectivity index (χ0n) is 23.8. The molecule has 11 nitrogen and oxygen atoms in total. The molecule has 5 amide bonds. The highest BCUT2D eigenvalue weighted by molar-refractivity contribution is 7.16.